The van der Waals surface area contributed by atoms with Crippen LogP contribution in [0.5, 0.6) is 0 Å². The number of aliphatic hydroxyl groups is 1. The largest absolute Gasteiger partial charge is 0.394 e. The standard InChI is InChI=1S/C17H26ClNO2/c1-5-17(6-2,11-20)19-16(21)15(12(3)4)13-7-9-14(18)10-8-13/h7-10,12,15,20H,5-6,11H2,1-4H3,(H,19,21). The predicted molar refractivity (Wildman–Crippen MR) is 87.6 cm³/mol. The highest BCUT2D eigenvalue weighted by Gasteiger charge is 2.32. The van der Waals surface area contributed by atoms with Crippen LogP contribution in [-0.4, -0.2) is 23.2 Å². The van der Waals surface area contributed by atoms with E-state index in [1.807, 2.05) is 39.8 Å². The molecule has 0 spiro atoms. The van der Waals surface area contributed by atoms with Crippen molar-refractivity contribution in [1.82, 2.24) is 5.32 Å². The fourth-order valence-corrected chi connectivity index (χ4v) is 2.66. The van der Waals surface area contributed by atoms with Crippen molar-refractivity contribution in [3.8, 4) is 0 Å². The van der Waals surface area contributed by atoms with E-state index in [1.54, 1.807) is 12.1 Å². The van der Waals surface area contributed by atoms with E-state index in [-0.39, 0.29) is 24.3 Å². The summed E-state index contributed by atoms with van der Waals surface area (Å²) in [6.07, 6.45) is 1.41. The second-order valence-corrected chi connectivity index (χ2v) is 6.34. The molecule has 0 radical (unpaired) electrons. The molecule has 0 aliphatic heterocycles. The highest BCUT2D eigenvalue weighted by Crippen LogP contribution is 2.27. The van der Waals surface area contributed by atoms with Crippen molar-refractivity contribution in [3.63, 3.8) is 0 Å². The van der Waals surface area contributed by atoms with Crippen LogP contribution in [0.3, 0.4) is 0 Å². The molecule has 0 heterocycles. The second kappa shape index (κ2) is 7.81. The Morgan fingerprint density at radius 2 is 1.76 bits per heavy atom. The van der Waals surface area contributed by atoms with Crippen molar-refractivity contribution < 1.29 is 9.90 Å². The van der Waals surface area contributed by atoms with Gasteiger partial charge in [-0.25, -0.2) is 0 Å². The number of carbonyl (C=O) groups excluding carboxylic acids is 1. The fraction of sp³-hybridized carbons (Fsp3) is 0.588. The molecule has 1 aromatic carbocycles. The van der Waals surface area contributed by atoms with Gasteiger partial charge in [0, 0.05) is 5.02 Å². The minimum absolute atomic E-state index is 0.0370. The zero-order valence-electron chi connectivity index (χ0n) is 13.3. The molecule has 0 saturated carbocycles. The number of carbonyl (C=O) groups is 1. The van der Waals surface area contributed by atoms with Gasteiger partial charge in [0.15, 0.2) is 0 Å². The van der Waals surface area contributed by atoms with E-state index >= 15 is 0 Å². The number of rotatable bonds is 7. The van der Waals surface area contributed by atoms with E-state index in [9.17, 15) is 9.90 Å². The lowest BCUT2D eigenvalue weighted by atomic mass is 9.85. The number of halogens is 1. The molecule has 4 heteroatoms. The van der Waals surface area contributed by atoms with Crippen LogP contribution in [-0.2, 0) is 4.79 Å². The Hall–Kier alpha value is -1.06. The van der Waals surface area contributed by atoms with E-state index in [0.29, 0.717) is 17.9 Å². The van der Waals surface area contributed by atoms with Gasteiger partial charge in [-0.15, -0.1) is 0 Å². The van der Waals surface area contributed by atoms with E-state index in [0.717, 1.165) is 5.56 Å². The maximum absolute atomic E-state index is 12.7. The first-order valence-corrected chi connectivity index (χ1v) is 7.95. The van der Waals surface area contributed by atoms with Gasteiger partial charge in [-0.3, -0.25) is 4.79 Å². The Morgan fingerprint density at radius 1 is 1.24 bits per heavy atom. The van der Waals surface area contributed by atoms with Crippen LogP contribution in [0.25, 0.3) is 0 Å². The first-order chi connectivity index (χ1) is 9.89. The van der Waals surface area contributed by atoms with Crippen molar-refractivity contribution in [2.24, 2.45) is 5.92 Å². The predicted octanol–water partition coefficient (Wildman–Crippen LogP) is 3.75. The van der Waals surface area contributed by atoms with E-state index in [4.69, 9.17) is 11.6 Å². The number of benzene rings is 1. The molecule has 0 aliphatic rings. The van der Waals surface area contributed by atoms with Gasteiger partial charge in [-0.1, -0.05) is 51.4 Å². The van der Waals surface area contributed by atoms with Crippen molar-refractivity contribution >= 4 is 17.5 Å². The fourth-order valence-electron chi connectivity index (χ4n) is 2.54. The van der Waals surface area contributed by atoms with Crippen LogP contribution in [0.1, 0.15) is 52.0 Å². The molecule has 118 valence electrons. The second-order valence-electron chi connectivity index (χ2n) is 5.91. The van der Waals surface area contributed by atoms with Crippen LogP contribution < -0.4 is 5.32 Å². The average Bonchev–Trinajstić information content (AvgIpc) is 2.47. The molecule has 1 rings (SSSR count). The normalized spacial score (nSPS) is 13.3. The summed E-state index contributed by atoms with van der Waals surface area (Å²) in [7, 11) is 0. The first kappa shape index (κ1) is 18.0. The molecule has 3 nitrogen and oxygen atoms in total. The number of hydrogen-bond acceptors (Lipinski definition) is 2. The van der Waals surface area contributed by atoms with E-state index in [2.05, 4.69) is 5.32 Å². The number of nitrogens with one attached hydrogen (secondary N) is 1. The topological polar surface area (TPSA) is 49.3 Å². The minimum Gasteiger partial charge on any atom is -0.394 e. The van der Waals surface area contributed by atoms with Crippen LogP contribution in [0.2, 0.25) is 5.02 Å². The summed E-state index contributed by atoms with van der Waals surface area (Å²) in [5, 5.41) is 13.3. The van der Waals surface area contributed by atoms with Crippen molar-refractivity contribution in [1.29, 1.82) is 0 Å². The molecule has 0 aliphatic carbocycles. The highest BCUT2D eigenvalue weighted by atomic mass is 35.5. The van der Waals surface area contributed by atoms with Gasteiger partial charge in [-0.2, -0.15) is 0 Å². The molecule has 0 fully saturated rings. The molecule has 0 aromatic heterocycles. The third-order valence-corrected chi connectivity index (χ3v) is 4.47. The molecular formula is C17H26ClNO2. The van der Waals surface area contributed by atoms with Crippen molar-refractivity contribution in [2.45, 2.75) is 52.0 Å². The smallest absolute Gasteiger partial charge is 0.228 e. The van der Waals surface area contributed by atoms with Crippen LogP contribution >= 0.6 is 11.6 Å². The Labute approximate surface area is 132 Å². The van der Waals surface area contributed by atoms with Crippen LogP contribution in [0.15, 0.2) is 24.3 Å². The highest BCUT2D eigenvalue weighted by molar-refractivity contribution is 6.30. The minimum atomic E-state index is -0.531. The summed E-state index contributed by atoms with van der Waals surface area (Å²) in [5.74, 6) is -0.118. The van der Waals surface area contributed by atoms with E-state index < -0.39 is 5.54 Å². The molecular weight excluding hydrogens is 286 g/mol. The summed E-state index contributed by atoms with van der Waals surface area (Å²) in [6, 6.07) is 7.40. The summed E-state index contributed by atoms with van der Waals surface area (Å²) in [4.78, 5) is 12.7. The lowest BCUT2D eigenvalue weighted by molar-refractivity contribution is -0.126. The molecule has 21 heavy (non-hydrogen) atoms. The molecule has 2 N–H and O–H groups in total. The van der Waals surface area contributed by atoms with Gasteiger partial charge in [0.05, 0.1) is 18.1 Å². The van der Waals surface area contributed by atoms with Crippen molar-refractivity contribution in [2.75, 3.05) is 6.61 Å². The number of aliphatic hydroxyl groups excluding tert-OH is 1. The zero-order valence-corrected chi connectivity index (χ0v) is 14.1. The maximum Gasteiger partial charge on any atom is 0.228 e. The summed E-state index contributed by atoms with van der Waals surface area (Å²) < 4.78 is 0. The zero-order chi connectivity index (χ0) is 16.0. The summed E-state index contributed by atoms with van der Waals surface area (Å²) >= 11 is 5.92. The maximum atomic E-state index is 12.7. The summed E-state index contributed by atoms with van der Waals surface area (Å²) in [6.45, 7) is 7.96. The Bertz CT molecular complexity index is 444. The lowest BCUT2D eigenvalue weighted by Crippen LogP contribution is -2.52. The third kappa shape index (κ3) is 4.45. The molecule has 1 unspecified atom stereocenters. The van der Waals surface area contributed by atoms with Gasteiger partial charge in [0.1, 0.15) is 0 Å². The average molecular weight is 312 g/mol. The summed E-state index contributed by atoms with van der Waals surface area (Å²) in [5.41, 5.74) is 0.419. The molecule has 1 amide bonds. The van der Waals surface area contributed by atoms with Crippen molar-refractivity contribution in [3.05, 3.63) is 34.9 Å². The molecule has 1 atom stereocenters. The Kier molecular flexibility index (Phi) is 6.69. The molecule has 0 bridgehead atoms. The molecule has 1 aromatic rings. The quantitative estimate of drug-likeness (QED) is 0.805. The number of amides is 1. The van der Waals surface area contributed by atoms with Gasteiger partial charge in [0.25, 0.3) is 0 Å². The van der Waals surface area contributed by atoms with Gasteiger partial charge in [-0.05, 0) is 36.5 Å². The third-order valence-electron chi connectivity index (χ3n) is 4.22. The Balaban J connectivity index is 3.01. The van der Waals surface area contributed by atoms with E-state index in [1.165, 1.54) is 0 Å². The SMILES string of the molecule is CCC(CC)(CO)NC(=O)C(c1ccc(Cl)cc1)C(C)C. The van der Waals surface area contributed by atoms with Crippen LogP contribution in [0, 0.1) is 5.92 Å². The monoisotopic (exact) mass is 311 g/mol. The van der Waals surface area contributed by atoms with Crippen LogP contribution in [0.4, 0.5) is 0 Å². The van der Waals surface area contributed by atoms with Gasteiger partial charge < -0.3 is 10.4 Å². The first-order valence-electron chi connectivity index (χ1n) is 7.57. The Morgan fingerprint density at radius 3 is 2.14 bits per heavy atom. The van der Waals surface area contributed by atoms with Gasteiger partial charge in [0.2, 0.25) is 5.91 Å². The number of hydrogen-bond donors (Lipinski definition) is 2. The lowest BCUT2D eigenvalue weighted by Gasteiger charge is -2.33. The van der Waals surface area contributed by atoms with Gasteiger partial charge >= 0.3 is 0 Å². The molecule has 0 saturated heterocycles.